The molecule has 0 aliphatic rings. The normalized spacial score (nSPS) is 10.7. The number of rotatable bonds is 5. The molecule has 1 aromatic heterocycles. The largest absolute Gasteiger partial charge is 0.492 e. The molecular formula is C19H17Cl2NO. The molecule has 0 bridgehead atoms. The lowest BCUT2D eigenvalue weighted by atomic mass is 10.1. The highest BCUT2D eigenvalue weighted by molar-refractivity contribution is 6.18. The number of benzene rings is 2. The molecule has 0 aliphatic heterocycles. The van der Waals surface area contributed by atoms with Gasteiger partial charge in [-0.2, -0.15) is 0 Å². The van der Waals surface area contributed by atoms with Gasteiger partial charge in [-0.15, -0.1) is 24.0 Å². The van der Waals surface area contributed by atoms with Crippen LogP contribution in [0.4, 0.5) is 0 Å². The quantitative estimate of drug-likeness (QED) is 0.574. The van der Waals surface area contributed by atoms with Crippen molar-refractivity contribution in [3.63, 3.8) is 0 Å². The Kier molecular flexibility index (Phi) is 6.45. The van der Waals surface area contributed by atoms with Gasteiger partial charge in [0.2, 0.25) is 0 Å². The van der Waals surface area contributed by atoms with Crippen molar-refractivity contribution in [2.45, 2.75) is 0 Å². The van der Waals surface area contributed by atoms with Gasteiger partial charge in [0, 0.05) is 10.9 Å². The highest BCUT2D eigenvalue weighted by atomic mass is 35.5. The van der Waals surface area contributed by atoms with Crippen molar-refractivity contribution in [2.24, 2.45) is 0 Å². The van der Waals surface area contributed by atoms with Crippen LogP contribution >= 0.6 is 24.0 Å². The Labute approximate surface area is 147 Å². The van der Waals surface area contributed by atoms with Crippen molar-refractivity contribution >= 4 is 47.1 Å². The van der Waals surface area contributed by atoms with Gasteiger partial charge in [0.1, 0.15) is 12.4 Å². The molecule has 0 amide bonds. The maximum Gasteiger partial charge on any atom is 0.126 e. The second-order valence-corrected chi connectivity index (χ2v) is 5.22. The Balaban J connectivity index is 0.00000192. The number of ether oxygens (including phenoxy) is 1. The van der Waals surface area contributed by atoms with Crippen molar-refractivity contribution < 1.29 is 4.74 Å². The molecule has 3 aromatic rings. The zero-order chi connectivity index (χ0) is 15.2. The SMILES string of the molecule is Cl.ClCCOc1ccccc1C=Cc1ccc2ccccc2n1. The van der Waals surface area contributed by atoms with E-state index in [-0.39, 0.29) is 12.4 Å². The predicted molar refractivity (Wildman–Crippen MR) is 101 cm³/mol. The lowest BCUT2D eigenvalue weighted by Crippen LogP contribution is -1.99. The Bertz CT molecular complexity index is 802. The fourth-order valence-electron chi connectivity index (χ4n) is 2.25. The van der Waals surface area contributed by atoms with Crippen molar-refractivity contribution in [2.75, 3.05) is 12.5 Å². The number of hydrogen-bond acceptors (Lipinski definition) is 2. The Morgan fingerprint density at radius 1 is 0.913 bits per heavy atom. The lowest BCUT2D eigenvalue weighted by molar-refractivity contribution is 0.342. The van der Waals surface area contributed by atoms with E-state index in [9.17, 15) is 0 Å². The lowest BCUT2D eigenvalue weighted by Gasteiger charge is -2.07. The smallest absolute Gasteiger partial charge is 0.126 e. The van der Waals surface area contributed by atoms with Crippen molar-refractivity contribution in [3.8, 4) is 5.75 Å². The van der Waals surface area contributed by atoms with Gasteiger partial charge in [-0.05, 0) is 30.4 Å². The van der Waals surface area contributed by atoms with Crippen molar-refractivity contribution in [3.05, 3.63) is 71.9 Å². The first-order valence-corrected chi connectivity index (χ1v) is 7.72. The molecule has 118 valence electrons. The van der Waals surface area contributed by atoms with Gasteiger partial charge in [0.15, 0.2) is 0 Å². The van der Waals surface area contributed by atoms with Gasteiger partial charge in [-0.3, -0.25) is 0 Å². The van der Waals surface area contributed by atoms with E-state index in [1.807, 2.05) is 60.7 Å². The molecule has 1 heterocycles. The third kappa shape index (κ3) is 4.47. The van der Waals surface area contributed by atoms with Crippen molar-refractivity contribution in [1.82, 2.24) is 4.98 Å². The van der Waals surface area contributed by atoms with E-state index in [4.69, 9.17) is 16.3 Å². The van der Waals surface area contributed by atoms with Crippen LogP contribution in [0.5, 0.6) is 5.75 Å². The van der Waals surface area contributed by atoms with E-state index in [0.29, 0.717) is 12.5 Å². The summed E-state index contributed by atoms with van der Waals surface area (Å²) in [6.45, 7) is 0.501. The van der Waals surface area contributed by atoms with Crippen LogP contribution in [0.2, 0.25) is 0 Å². The topological polar surface area (TPSA) is 22.1 Å². The minimum Gasteiger partial charge on any atom is -0.492 e. The van der Waals surface area contributed by atoms with Gasteiger partial charge in [-0.1, -0.05) is 42.5 Å². The average Bonchev–Trinajstić information content (AvgIpc) is 2.58. The molecule has 4 heteroatoms. The summed E-state index contributed by atoms with van der Waals surface area (Å²) in [5.41, 5.74) is 2.93. The Morgan fingerprint density at radius 3 is 2.57 bits per heavy atom. The maximum atomic E-state index is 5.68. The standard InChI is InChI=1S/C19H16ClNO.ClH/c20-13-14-22-19-8-4-2-6-16(19)10-12-17-11-9-15-5-1-3-7-18(15)21-17;/h1-12H,13-14H2;1H. The second kappa shape index (κ2) is 8.56. The molecule has 0 saturated heterocycles. The Morgan fingerprint density at radius 2 is 1.70 bits per heavy atom. The summed E-state index contributed by atoms with van der Waals surface area (Å²) in [6.07, 6.45) is 4.01. The summed E-state index contributed by atoms with van der Waals surface area (Å²) < 4.78 is 5.64. The molecule has 3 rings (SSSR count). The zero-order valence-electron chi connectivity index (χ0n) is 12.5. The number of hydrogen-bond donors (Lipinski definition) is 0. The number of aromatic nitrogens is 1. The molecule has 0 N–H and O–H groups in total. The van der Waals surface area contributed by atoms with Gasteiger partial charge in [0.25, 0.3) is 0 Å². The van der Waals surface area contributed by atoms with Gasteiger partial charge >= 0.3 is 0 Å². The first-order valence-electron chi connectivity index (χ1n) is 7.18. The van der Waals surface area contributed by atoms with E-state index in [1.165, 1.54) is 0 Å². The minimum atomic E-state index is 0. The number of fused-ring (bicyclic) bond motifs is 1. The molecule has 0 atom stereocenters. The molecule has 0 saturated carbocycles. The van der Waals surface area contributed by atoms with E-state index in [0.717, 1.165) is 27.9 Å². The van der Waals surface area contributed by atoms with Crippen LogP contribution in [-0.2, 0) is 0 Å². The van der Waals surface area contributed by atoms with Crippen LogP contribution in [-0.4, -0.2) is 17.5 Å². The summed E-state index contributed by atoms with van der Waals surface area (Å²) >= 11 is 5.68. The summed E-state index contributed by atoms with van der Waals surface area (Å²) in [5.74, 6) is 1.31. The number of halogens is 2. The highest BCUT2D eigenvalue weighted by Gasteiger charge is 2.00. The van der Waals surface area contributed by atoms with Crippen LogP contribution < -0.4 is 4.74 Å². The van der Waals surface area contributed by atoms with Crippen LogP contribution in [0.3, 0.4) is 0 Å². The number of para-hydroxylation sites is 2. The number of pyridine rings is 1. The Hall–Kier alpha value is -2.03. The third-order valence-corrected chi connectivity index (χ3v) is 3.46. The molecule has 2 aromatic carbocycles. The minimum absolute atomic E-state index is 0. The fraction of sp³-hybridized carbons (Fsp3) is 0.105. The summed E-state index contributed by atoms with van der Waals surface area (Å²) in [6, 6.07) is 20.1. The summed E-state index contributed by atoms with van der Waals surface area (Å²) in [7, 11) is 0. The molecule has 0 aliphatic carbocycles. The first kappa shape index (κ1) is 17.3. The van der Waals surface area contributed by atoms with Crippen molar-refractivity contribution in [1.29, 1.82) is 0 Å². The molecule has 0 spiro atoms. The van der Waals surface area contributed by atoms with E-state index in [1.54, 1.807) is 0 Å². The molecule has 0 radical (unpaired) electrons. The first-order chi connectivity index (χ1) is 10.9. The molecule has 0 fully saturated rings. The van der Waals surface area contributed by atoms with Crippen LogP contribution in [0.1, 0.15) is 11.3 Å². The van der Waals surface area contributed by atoms with Gasteiger partial charge < -0.3 is 4.74 Å². The number of alkyl halides is 1. The van der Waals surface area contributed by atoms with Gasteiger partial charge in [0.05, 0.1) is 17.1 Å². The zero-order valence-corrected chi connectivity index (χ0v) is 14.1. The van der Waals surface area contributed by atoms with Crippen LogP contribution in [0, 0.1) is 0 Å². The molecule has 2 nitrogen and oxygen atoms in total. The van der Waals surface area contributed by atoms with E-state index in [2.05, 4.69) is 17.1 Å². The third-order valence-electron chi connectivity index (χ3n) is 3.31. The molecule has 0 unspecified atom stereocenters. The maximum absolute atomic E-state index is 5.68. The summed E-state index contributed by atoms with van der Waals surface area (Å²) in [4.78, 5) is 4.63. The summed E-state index contributed by atoms with van der Waals surface area (Å²) in [5, 5.41) is 1.14. The predicted octanol–water partition coefficient (Wildman–Crippen LogP) is 5.44. The van der Waals surface area contributed by atoms with Crippen LogP contribution in [0.15, 0.2) is 60.7 Å². The fourth-order valence-corrected chi connectivity index (χ4v) is 2.33. The highest BCUT2D eigenvalue weighted by Crippen LogP contribution is 2.21. The molecular weight excluding hydrogens is 329 g/mol. The molecule has 23 heavy (non-hydrogen) atoms. The average molecular weight is 346 g/mol. The van der Waals surface area contributed by atoms with Crippen LogP contribution in [0.25, 0.3) is 23.1 Å². The monoisotopic (exact) mass is 345 g/mol. The van der Waals surface area contributed by atoms with E-state index >= 15 is 0 Å². The van der Waals surface area contributed by atoms with E-state index < -0.39 is 0 Å². The second-order valence-electron chi connectivity index (χ2n) is 4.84. The van der Waals surface area contributed by atoms with Gasteiger partial charge in [-0.25, -0.2) is 4.98 Å². The number of nitrogens with zero attached hydrogens (tertiary/aromatic N) is 1.